The fraction of sp³-hybridized carbons (Fsp3) is 0.217. The minimum absolute atomic E-state index is 0.650. The molecule has 1 aliphatic rings. The Kier molecular flexibility index (Phi) is 5.28. The Labute approximate surface area is 180 Å². The number of anilines is 2. The van der Waals surface area contributed by atoms with Crippen molar-refractivity contribution in [2.75, 3.05) is 36.6 Å². The Hall–Kier alpha value is -3.78. The number of rotatable bonds is 5. The first-order valence-electron chi connectivity index (χ1n) is 10.2. The topological polar surface area (TPSA) is 79.9 Å². The number of fused-ring (bicyclic) bond motifs is 1. The van der Waals surface area contributed by atoms with Gasteiger partial charge in [-0.1, -0.05) is 29.8 Å². The van der Waals surface area contributed by atoms with E-state index in [1.807, 2.05) is 41.1 Å². The summed E-state index contributed by atoms with van der Waals surface area (Å²) < 4.78 is 7.52. The van der Waals surface area contributed by atoms with E-state index >= 15 is 0 Å². The maximum Gasteiger partial charge on any atom is 0.181 e. The van der Waals surface area contributed by atoms with Crippen LogP contribution in [-0.4, -0.2) is 51.9 Å². The molecule has 8 heteroatoms. The predicted octanol–water partition coefficient (Wildman–Crippen LogP) is 3.38. The number of ether oxygens (including phenoxy) is 1. The van der Waals surface area contributed by atoms with E-state index in [1.54, 1.807) is 18.6 Å². The number of nitrogens with zero attached hydrogens (tertiary/aromatic N) is 6. The van der Waals surface area contributed by atoms with E-state index in [0.29, 0.717) is 19.0 Å². The number of imidazole rings is 1. The average Bonchev–Trinajstić information content (AvgIpc) is 3.24. The number of pyridine rings is 1. The SMILES string of the molecule is Cc1cccc(/C=N/Nc2cn3cc(-c4ccncc4)nc3c(N3CCOCC3)n2)c1. The zero-order valence-corrected chi connectivity index (χ0v) is 17.3. The number of hydrazone groups is 1. The number of aryl methyl sites for hydroxylation is 1. The number of aromatic nitrogens is 4. The molecular formula is C23H23N7O. The van der Waals surface area contributed by atoms with Crippen molar-refractivity contribution in [3.8, 4) is 11.3 Å². The molecule has 0 unspecified atom stereocenters. The second kappa shape index (κ2) is 8.53. The largest absolute Gasteiger partial charge is 0.378 e. The van der Waals surface area contributed by atoms with Gasteiger partial charge in [0.05, 0.1) is 31.3 Å². The molecule has 0 atom stereocenters. The molecule has 3 aromatic heterocycles. The minimum Gasteiger partial charge on any atom is -0.378 e. The molecule has 8 nitrogen and oxygen atoms in total. The third-order valence-electron chi connectivity index (χ3n) is 5.14. The number of benzene rings is 1. The molecular weight excluding hydrogens is 390 g/mol. The smallest absolute Gasteiger partial charge is 0.181 e. The molecule has 1 N–H and O–H groups in total. The predicted molar refractivity (Wildman–Crippen MR) is 122 cm³/mol. The van der Waals surface area contributed by atoms with Crippen LogP contribution in [0.3, 0.4) is 0 Å². The molecule has 0 saturated carbocycles. The van der Waals surface area contributed by atoms with Gasteiger partial charge in [0.25, 0.3) is 0 Å². The highest BCUT2D eigenvalue weighted by molar-refractivity contribution is 5.80. The highest BCUT2D eigenvalue weighted by atomic mass is 16.5. The Bertz CT molecular complexity index is 1210. The molecule has 1 aromatic carbocycles. The third-order valence-corrected chi connectivity index (χ3v) is 5.14. The summed E-state index contributed by atoms with van der Waals surface area (Å²) in [4.78, 5) is 16.0. The molecule has 0 amide bonds. The van der Waals surface area contributed by atoms with Crippen LogP contribution in [0.2, 0.25) is 0 Å². The highest BCUT2D eigenvalue weighted by Gasteiger charge is 2.19. The van der Waals surface area contributed by atoms with Crippen molar-refractivity contribution in [1.82, 2.24) is 19.4 Å². The van der Waals surface area contributed by atoms with E-state index in [0.717, 1.165) is 41.4 Å². The third kappa shape index (κ3) is 4.24. The normalized spacial score (nSPS) is 14.4. The molecule has 0 bridgehead atoms. The van der Waals surface area contributed by atoms with E-state index < -0.39 is 0 Å². The Morgan fingerprint density at radius 3 is 2.71 bits per heavy atom. The van der Waals surface area contributed by atoms with Gasteiger partial charge >= 0.3 is 0 Å². The summed E-state index contributed by atoms with van der Waals surface area (Å²) >= 11 is 0. The van der Waals surface area contributed by atoms with E-state index in [4.69, 9.17) is 14.7 Å². The van der Waals surface area contributed by atoms with Crippen molar-refractivity contribution in [3.05, 3.63) is 72.3 Å². The number of morpholine rings is 1. The monoisotopic (exact) mass is 413 g/mol. The molecule has 4 heterocycles. The van der Waals surface area contributed by atoms with Crippen LogP contribution in [0.5, 0.6) is 0 Å². The van der Waals surface area contributed by atoms with Gasteiger partial charge in [-0.05, 0) is 24.6 Å². The van der Waals surface area contributed by atoms with Gasteiger partial charge in [-0.15, -0.1) is 0 Å². The summed E-state index contributed by atoms with van der Waals surface area (Å²) in [6.45, 7) is 4.96. The van der Waals surface area contributed by atoms with Crippen molar-refractivity contribution in [1.29, 1.82) is 0 Å². The van der Waals surface area contributed by atoms with Gasteiger partial charge in [0.1, 0.15) is 0 Å². The summed E-state index contributed by atoms with van der Waals surface area (Å²) in [6, 6.07) is 12.1. The molecule has 1 aliphatic heterocycles. The number of hydrogen-bond donors (Lipinski definition) is 1. The van der Waals surface area contributed by atoms with Crippen molar-refractivity contribution in [2.45, 2.75) is 6.92 Å². The lowest BCUT2D eigenvalue weighted by Gasteiger charge is -2.28. The fourth-order valence-corrected chi connectivity index (χ4v) is 3.61. The molecule has 1 fully saturated rings. The van der Waals surface area contributed by atoms with E-state index in [9.17, 15) is 0 Å². The lowest BCUT2D eigenvalue weighted by Crippen LogP contribution is -2.37. The maximum atomic E-state index is 5.52. The van der Waals surface area contributed by atoms with Crippen molar-refractivity contribution < 1.29 is 4.74 Å². The first-order chi connectivity index (χ1) is 15.3. The van der Waals surface area contributed by atoms with Crippen LogP contribution in [0.25, 0.3) is 16.9 Å². The lowest BCUT2D eigenvalue weighted by molar-refractivity contribution is 0.122. The molecule has 5 rings (SSSR count). The van der Waals surface area contributed by atoms with Gasteiger partial charge in [-0.3, -0.25) is 14.8 Å². The Morgan fingerprint density at radius 2 is 1.90 bits per heavy atom. The van der Waals surface area contributed by atoms with Gasteiger partial charge in [0, 0.05) is 37.2 Å². The van der Waals surface area contributed by atoms with Gasteiger partial charge in [-0.2, -0.15) is 5.10 Å². The highest BCUT2D eigenvalue weighted by Crippen LogP contribution is 2.26. The summed E-state index contributed by atoms with van der Waals surface area (Å²) in [5, 5.41) is 4.39. The van der Waals surface area contributed by atoms with Crippen LogP contribution in [0, 0.1) is 6.92 Å². The van der Waals surface area contributed by atoms with Crippen LogP contribution in [0.15, 0.2) is 66.3 Å². The van der Waals surface area contributed by atoms with Crippen molar-refractivity contribution >= 4 is 23.5 Å². The zero-order chi connectivity index (χ0) is 21.0. The Morgan fingerprint density at radius 1 is 1.06 bits per heavy atom. The lowest BCUT2D eigenvalue weighted by atomic mass is 10.2. The molecule has 1 saturated heterocycles. The van der Waals surface area contributed by atoms with Crippen molar-refractivity contribution in [3.63, 3.8) is 0 Å². The van der Waals surface area contributed by atoms with Gasteiger partial charge in [-0.25, -0.2) is 9.97 Å². The molecule has 0 spiro atoms. The van der Waals surface area contributed by atoms with Crippen LogP contribution in [0.1, 0.15) is 11.1 Å². The Balaban J connectivity index is 1.50. The van der Waals surface area contributed by atoms with E-state index in [1.165, 1.54) is 5.56 Å². The molecule has 156 valence electrons. The molecule has 4 aromatic rings. The average molecular weight is 413 g/mol. The van der Waals surface area contributed by atoms with Crippen molar-refractivity contribution in [2.24, 2.45) is 5.10 Å². The van der Waals surface area contributed by atoms with Gasteiger partial charge < -0.3 is 9.64 Å². The van der Waals surface area contributed by atoms with Crippen LogP contribution in [0.4, 0.5) is 11.6 Å². The summed E-state index contributed by atoms with van der Waals surface area (Å²) in [6.07, 6.45) is 9.25. The summed E-state index contributed by atoms with van der Waals surface area (Å²) in [5.74, 6) is 1.47. The van der Waals surface area contributed by atoms with E-state index in [2.05, 4.69) is 39.5 Å². The zero-order valence-electron chi connectivity index (χ0n) is 17.3. The summed E-state index contributed by atoms with van der Waals surface area (Å²) in [7, 11) is 0. The van der Waals surface area contributed by atoms with Crippen LogP contribution >= 0.6 is 0 Å². The van der Waals surface area contributed by atoms with Gasteiger partial charge in [0.2, 0.25) is 0 Å². The number of nitrogens with one attached hydrogen (secondary N) is 1. The first-order valence-corrected chi connectivity index (χ1v) is 10.2. The first kappa shape index (κ1) is 19.2. The van der Waals surface area contributed by atoms with Gasteiger partial charge in [0.15, 0.2) is 17.3 Å². The fourth-order valence-electron chi connectivity index (χ4n) is 3.61. The van der Waals surface area contributed by atoms with Crippen LogP contribution in [-0.2, 0) is 4.74 Å². The second-order valence-corrected chi connectivity index (χ2v) is 7.43. The molecule has 0 radical (unpaired) electrons. The minimum atomic E-state index is 0.650. The van der Waals surface area contributed by atoms with Crippen LogP contribution < -0.4 is 10.3 Å². The second-order valence-electron chi connectivity index (χ2n) is 7.43. The number of hydrogen-bond acceptors (Lipinski definition) is 7. The summed E-state index contributed by atoms with van der Waals surface area (Å²) in [5.41, 5.74) is 8.00. The maximum absolute atomic E-state index is 5.52. The van der Waals surface area contributed by atoms with E-state index in [-0.39, 0.29) is 0 Å². The quantitative estimate of drug-likeness (QED) is 0.399. The molecule has 0 aliphatic carbocycles. The molecule has 31 heavy (non-hydrogen) atoms. The standard InChI is InChI=1S/C23H23N7O/c1-17-3-2-4-18(13-17)14-25-28-21-16-30-15-20(19-5-7-24-8-6-19)26-22(30)23(27-21)29-9-11-31-12-10-29/h2-8,13-16,28H,9-12H2,1H3/b25-14+.